The zero-order valence-electron chi connectivity index (χ0n) is 10.5. The summed E-state index contributed by atoms with van der Waals surface area (Å²) in [6.45, 7) is 5.16. The fourth-order valence-corrected chi connectivity index (χ4v) is 1.24. The standard InChI is InChI=1S/C12H16N2O4/c1-12(2,3)18-11(17)9(13)8-6-7(10(15)16)4-5-14-8/h4-6,9H,13H2,1-3H3,(H,15,16). The highest BCUT2D eigenvalue weighted by molar-refractivity contribution is 5.88. The van der Waals surface area contributed by atoms with Crippen molar-refractivity contribution in [3.63, 3.8) is 0 Å². The fraction of sp³-hybridized carbons (Fsp3) is 0.417. The lowest BCUT2D eigenvalue weighted by molar-refractivity contribution is -0.156. The molecule has 1 rings (SSSR count). The molecule has 0 aliphatic rings. The molecule has 0 fully saturated rings. The highest BCUT2D eigenvalue weighted by atomic mass is 16.6. The van der Waals surface area contributed by atoms with Gasteiger partial charge in [-0.15, -0.1) is 0 Å². The molecule has 0 spiro atoms. The number of carboxylic acid groups (broad SMARTS) is 1. The Bertz CT molecular complexity index is 465. The van der Waals surface area contributed by atoms with Gasteiger partial charge in [0.15, 0.2) is 0 Å². The summed E-state index contributed by atoms with van der Waals surface area (Å²) >= 11 is 0. The molecule has 0 amide bonds. The summed E-state index contributed by atoms with van der Waals surface area (Å²) in [7, 11) is 0. The van der Waals surface area contributed by atoms with Gasteiger partial charge in [0.25, 0.3) is 0 Å². The zero-order valence-corrected chi connectivity index (χ0v) is 10.5. The normalized spacial score (nSPS) is 12.9. The predicted molar refractivity (Wildman–Crippen MR) is 64.0 cm³/mol. The van der Waals surface area contributed by atoms with E-state index in [0.717, 1.165) is 0 Å². The average Bonchev–Trinajstić information content (AvgIpc) is 2.26. The molecule has 0 aromatic carbocycles. The molecular weight excluding hydrogens is 236 g/mol. The number of esters is 1. The van der Waals surface area contributed by atoms with Gasteiger partial charge in [-0.3, -0.25) is 4.98 Å². The van der Waals surface area contributed by atoms with Crippen LogP contribution in [0.1, 0.15) is 42.9 Å². The molecule has 1 heterocycles. The molecule has 1 aromatic rings. The molecule has 1 atom stereocenters. The average molecular weight is 252 g/mol. The van der Waals surface area contributed by atoms with Crippen LogP contribution in [0.4, 0.5) is 0 Å². The first-order valence-corrected chi connectivity index (χ1v) is 5.38. The van der Waals surface area contributed by atoms with Crippen LogP contribution in [0.25, 0.3) is 0 Å². The zero-order chi connectivity index (χ0) is 13.9. The molecule has 0 aliphatic carbocycles. The highest BCUT2D eigenvalue weighted by Gasteiger charge is 2.24. The number of ether oxygens (including phenoxy) is 1. The Labute approximate surface area is 105 Å². The molecule has 3 N–H and O–H groups in total. The second kappa shape index (κ2) is 5.14. The molecular formula is C12H16N2O4. The van der Waals surface area contributed by atoms with Crippen molar-refractivity contribution in [2.75, 3.05) is 0 Å². The van der Waals surface area contributed by atoms with Gasteiger partial charge in [0.1, 0.15) is 11.6 Å². The number of aromatic carboxylic acids is 1. The first-order chi connectivity index (χ1) is 8.20. The molecule has 0 saturated carbocycles. The number of aromatic nitrogens is 1. The van der Waals surface area contributed by atoms with E-state index in [4.69, 9.17) is 15.6 Å². The third-order valence-electron chi connectivity index (χ3n) is 2.01. The lowest BCUT2D eigenvalue weighted by Gasteiger charge is -2.21. The van der Waals surface area contributed by atoms with E-state index in [1.165, 1.54) is 18.3 Å². The maximum Gasteiger partial charge on any atom is 0.335 e. The van der Waals surface area contributed by atoms with E-state index in [1.54, 1.807) is 20.8 Å². The van der Waals surface area contributed by atoms with Crippen molar-refractivity contribution in [1.29, 1.82) is 0 Å². The van der Waals surface area contributed by atoms with Crippen LogP contribution in [0.2, 0.25) is 0 Å². The topological polar surface area (TPSA) is 103 Å². The van der Waals surface area contributed by atoms with E-state index in [2.05, 4.69) is 4.98 Å². The number of nitrogens with two attached hydrogens (primary N) is 1. The minimum absolute atomic E-state index is 0.0269. The van der Waals surface area contributed by atoms with Crippen LogP contribution in [-0.4, -0.2) is 27.6 Å². The summed E-state index contributed by atoms with van der Waals surface area (Å²) in [6, 6.07) is 1.49. The minimum Gasteiger partial charge on any atom is -0.478 e. The van der Waals surface area contributed by atoms with Crippen molar-refractivity contribution < 1.29 is 19.4 Å². The smallest absolute Gasteiger partial charge is 0.335 e. The highest BCUT2D eigenvalue weighted by Crippen LogP contribution is 2.15. The number of pyridine rings is 1. The van der Waals surface area contributed by atoms with E-state index in [-0.39, 0.29) is 11.3 Å². The van der Waals surface area contributed by atoms with E-state index in [9.17, 15) is 9.59 Å². The molecule has 6 nitrogen and oxygen atoms in total. The van der Waals surface area contributed by atoms with Crippen molar-refractivity contribution in [3.8, 4) is 0 Å². The Hall–Kier alpha value is -1.95. The van der Waals surface area contributed by atoms with Gasteiger partial charge in [-0.05, 0) is 32.9 Å². The van der Waals surface area contributed by atoms with E-state index in [1.807, 2.05) is 0 Å². The minimum atomic E-state index is -1.10. The summed E-state index contributed by atoms with van der Waals surface area (Å²) in [4.78, 5) is 26.4. The SMILES string of the molecule is CC(C)(C)OC(=O)C(N)c1cc(C(=O)O)ccn1. The van der Waals surface area contributed by atoms with Gasteiger partial charge < -0.3 is 15.6 Å². The van der Waals surface area contributed by atoms with Crippen LogP contribution < -0.4 is 5.73 Å². The summed E-state index contributed by atoms with van der Waals surface area (Å²) in [5.41, 5.74) is 5.23. The van der Waals surface area contributed by atoms with E-state index >= 15 is 0 Å². The van der Waals surface area contributed by atoms with Crippen molar-refractivity contribution >= 4 is 11.9 Å². The molecule has 0 saturated heterocycles. The molecule has 0 radical (unpaired) electrons. The predicted octanol–water partition coefficient (Wildman–Crippen LogP) is 1.12. The van der Waals surface area contributed by atoms with Crippen LogP contribution in [0, 0.1) is 0 Å². The molecule has 18 heavy (non-hydrogen) atoms. The number of hydrogen-bond donors (Lipinski definition) is 2. The number of rotatable bonds is 3. The monoisotopic (exact) mass is 252 g/mol. The third-order valence-corrected chi connectivity index (χ3v) is 2.01. The lowest BCUT2D eigenvalue weighted by atomic mass is 10.1. The summed E-state index contributed by atoms with van der Waals surface area (Å²) < 4.78 is 5.10. The lowest BCUT2D eigenvalue weighted by Crippen LogP contribution is -2.32. The number of carbonyl (C=O) groups excluding carboxylic acids is 1. The Kier molecular flexibility index (Phi) is 4.03. The van der Waals surface area contributed by atoms with Crippen molar-refractivity contribution in [2.24, 2.45) is 5.73 Å². The van der Waals surface area contributed by atoms with Gasteiger partial charge in [-0.25, -0.2) is 9.59 Å². The van der Waals surface area contributed by atoms with Crippen LogP contribution in [0.3, 0.4) is 0 Å². The van der Waals surface area contributed by atoms with E-state index in [0.29, 0.717) is 0 Å². The molecule has 0 bridgehead atoms. The Morgan fingerprint density at radius 3 is 2.56 bits per heavy atom. The largest absolute Gasteiger partial charge is 0.478 e. The van der Waals surface area contributed by atoms with E-state index < -0.39 is 23.6 Å². The van der Waals surface area contributed by atoms with Crippen LogP contribution in [-0.2, 0) is 9.53 Å². The molecule has 0 aliphatic heterocycles. The third kappa shape index (κ3) is 3.81. The number of carbonyl (C=O) groups is 2. The van der Waals surface area contributed by atoms with Gasteiger partial charge in [-0.1, -0.05) is 0 Å². The maximum absolute atomic E-state index is 11.7. The fourth-order valence-electron chi connectivity index (χ4n) is 1.24. The second-order valence-corrected chi connectivity index (χ2v) is 4.79. The van der Waals surface area contributed by atoms with Crippen molar-refractivity contribution in [2.45, 2.75) is 32.4 Å². The Balaban J connectivity index is 2.90. The molecule has 6 heteroatoms. The summed E-state index contributed by atoms with van der Waals surface area (Å²) in [6.07, 6.45) is 1.29. The van der Waals surface area contributed by atoms with Gasteiger partial charge >= 0.3 is 11.9 Å². The summed E-state index contributed by atoms with van der Waals surface area (Å²) in [5.74, 6) is -1.74. The van der Waals surface area contributed by atoms with Gasteiger partial charge in [0.05, 0.1) is 11.3 Å². The Morgan fingerprint density at radius 1 is 1.44 bits per heavy atom. The van der Waals surface area contributed by atoms with Gasteiger partial charge in [0, 0.05) is 6.20 Å². The van der Waals surface area contributed by atoms with Crippen molar-refractivity contribution in [3.05, 3.63) is 29.6 Å². The summed E-state index contributed by atoms with van der Waals surface area (Å²) in [5, 5.41) is 8.83. The first kappa shape index (κ1) is 14.1. The van der Waals surface area contributed by atoms with Crippen LogP contribution in [0.5, 0.6) is 0 Å². The number of hydrogen-bond acceptors (Lipinski definition) is 5. The number of carboxylic acids is 1. The quantitative estimate of drug-likeness (QED) is 0.781. The molecule has 1 aromatic heterocycles. The van der Waals surface area contributed by atoms with Crippen molar-refractivity contribution in [1.82, 2.24) is 4.98 Å². The van der Waals surface area contributed by atoms with Crippen LogP contribution >= 0.6 is 0 Å². The first-order valence-electron chi connectivity index (χ1n) is 5.38. The number of nitrogens with zero attached hydrogens (tertiary/aromatic N) is 1. The maximum atomic E-state index is 11.7. The van der Waals surface area contributed by atoms with Gasteiger partial charge in [-0.2, -0.15) is 0 Å². The van der Waals surface area contributed by atoms with Crippen LogP contribution in [0.15, 0.2) is 18.3 Å². The molecule has 98 valence electrons. The Morgan fingerprint density at radius 2 is 2.06 bits per heavy atom. The molecule has 1 unspecified atom stereocenters. The van der Waals surface area contributed by atoms with Gasteiger partial charge in [0.2, 0.25) is 0 Å². The second-order valence-electron chi connectivity index (χ2n) is 4.79.